The topological polar surface area (TPSA) is 106 Å². The molecule has 188 valence electrons. The molecule has 0 radical (unpaired) electrons. The Morgan fingerprint density at radius 2 is 1.75 bits per heavy atom. The van der Waals surface area contributed by atoms with Gasteiger partial charge in [0.2, 0.25) is 5.91 Å². The van der Waals surface area contributed by atoms with Crippen molar-refractivity contribution in [3.8, 4) is 6.07 Å². The molecule has 9 heteroatoms. The second-order valence-electron chi connectivity index (χ2n) is 9.53. The Bertz CT molecular complexity index is 1200. The summed E-state index contributed by atoms with van der Waals surface area (Å²) >= 11 is 0. The van der Waals surface area contributed by atoms with E-state index in [0.717, 1.165) is 5.56 Å². The monoisotopic (exact) mass is 491 g/mol. The fourth-order valence-electron chi connectivity index (χ4n) is 4.81. The first kappa shape index (κ1) is 25.2. The van der Waals surface area contributed by atoms with Crippen LogP contribution in [-0.2, 0) is 10.5 Å². The highest BCUT2D eigenvalue weighted by Gasteiger charge is 2.38. The van der Waals surface area contributed by atoms with Crippen molar-refractivity contribution in [2.45, 2.75) is 44.8 Å². The summed E-state index contributed by atoms with van der Waals surface area (Å²) in [5, 5.41) is 14.6. The molecular formula is C27H30FN5O3. The number of carbonyl (C=O) groups is 3. The number of anilines is 1. The van der Waals surface area contributed by atoms with Gasteiger partial charge < -0.3 is 20.4 Å². The molecule has 2 N–H and O–H groups in total. The third-order valence-electron chi connectivity index (χ3n) is 7.07. The van der Waals surface area contributed by atoms with Crippen molar-refractivity contribution >= 4 is 23.5 Å². The molecule has 4 rings (SSSR count). The van der Waals surface area contributed by atoms with Crippen LogP contribution in [0, 0.1) is 18.3 Å². The number of rotatable bonds is 4. The molecule has 2 aliphatic heterocycles. The van der Waals surface area contributed by atoms with E-state index in [1.54, 1.807) is 52.3 Å². The lowest BCUT2D eigenvalue weighted by atomic mass is 9.85. The van der Waals surface area contributed by atoms with Crippen LogP contribution in [0.1, 0.15) is 53.2 Å². The number of urea groups is 1. The minimum atomic E-state index is -1.54. The van der Waals surface area contributed by atoms with Crippen LogP contribution in [0.4, 0.5) is 14.9 Å². The number of carbonyl (C=O) groups excluding carboxylic acids is 3. The minimum absolute atomic E-state index is 0.0129. The molecule has 8 nitrogen and oxygen atoms in total. The molecule has 2 aliphatic rings. The standard InChI is InChI=1S/C27H30FN5O3/c1-18-3-8-22(30-26(36)31-23-9-12-33(17-23)19(2)34)15-24(18)25(35)32-13-10-27(28,11-14-32)21-6-4-20(16-29)5-7-21/h3-8,15,23H,9-14,17H2,1-2H3,(H2,30,31,36)/t23-/m1/s1. The summed E-state index contributed by atoms with van der Waals surface area (Å²) in [5.41, 5.74) is 1.17. The molecule has 0 saturated carbocycles. The lowest BCUT2D eigenvalue weighted by molar-refractivity contribution is -0.127. The van der Waals surface area contributed by atoms with Gasteiger partial charge in [-0.05, 0) is 48.7 Å². The fourth-order valence-corrected chi connectivity index (χ4v) is 4.81. The molecular weight excluding hydrogens is 461 g/mol. The average molecular weight is 492 g/mol. The zero-order chi connectivity index (χ0) is 25.9. The summed E-state index contributed by atoms with van der Waals surface area (Å²) < 4.78 is 15.6. The minimum Gasteiger partial charge on any atom is -0.341 e. The van der Waals surface area contributed by atoms with Crippen LogP contribution in [-0.4, -0.2) is 59.9 Å². The summed E-state index contributed by atoms with van der Waals surface area (Å²) in [5.74, 6) is -0.215. The number of nitriles is 1. The molecule has 0 unspecified atom stereocenters. The van der Waals surface area contributed by atoms with E-state index >= 15 is 4.39 Å². The number of alkyl halides is 1. The fraction of sp³-hybridized carbons (Fsp3) is 0.407. The predicted octanol–water partition coefficient (Wildman–Crippen LogP) is 3.71. The van der Waals surface area contributed by atoms with Gasteiger partial charge in [-0.25, -0.2) is 9.18 Å². The van der Waals surface area contributed by atoms with Gasteiger partial charge in [-0.3, -0.25) is 9.59 Å². The number of nitrogens with zero attached hydrogens (tertiary/aromatic N) is 3. The third kappa shape index (κ3) is 5.48. The summed E-state index contributed by atoms with van der Waals surface area (Å²) in [6, 6.07) is 13.2. The maximum Gasteiger partial charge on any atom is 0.319 e. The van der Waals surface area contributed by atoms with Crippen LogP contribution >= 0.6 is 0 Å². The van der Waals surface area contributed by atoms with E-state index in [1.807, 2.05) is 13.0 Å². The van der Waals surface area contributed by atoms with Crippen LogP contribution in [0.5, 0.6) is 0 Å². The second kappa shape index (κ2) is 10.4. The van der Waals surface area contributed by atoms with Gasteiger partial charge in [0.1, 0.15) is 5.67 Å². The SMILES string of the molecule is CC(=O)N1CC[C@@H](NC(=O)Nc2ccc(C)c(C(=O)N3CCC(F)(c4ccc(C#N)cc4)CC3)c2)C1. The number of piperidine rings is 1. The molecule has 2 aromatic carbocycles. The van der Waals surface area contributed by atoms with Gasteiger partial charge in [-0.1, -0.05) is 18.2 Å². The Balaban J connectivity index is 1.37. The number of aryl methyl sites for hydroxylation is 1. The van der Waals surface area contributed by atoms with Gasteiger partial charge in [0.15, 0.2) is 0 Å². The lowest BCUT2D eigenvalue weighted by Gasteiger charge is -2.37. The van der Waals surface area contributed by atoms with Gasteiger partial charge in [0, 0.05) is 63.2 Å². The Kier molecular flexibility index (Phi) is 7.25. The van der Waals surface area contributed by atoms with Crippen molar-refractivity contribution in [1.29, 1.82) is 5.26 Å². The molecule has 2 aromatic rings. The first-order valence-corrected chi connectivity index (χ1v) is 12.1. The predicted molar refractivity (Wildman–Crippen MR) is 133 cm³/mol. The number of halogens is 1. The zero-order valence-electron chi connectivity index (χ0n) is 20.5. The van der Waals surface area contributed by atoms with E-state index in [-0.39, 0.29) is 43.8 Å². The highest BCUT2D eigenvalue weighted by Crippen LogP contribution is 2.37. The largest absolute Gasteiger partial charge is 0.341 e. The summed E-state index contributed by atoms with van der Waals surface area (Å²) in [6.45, 7) is 4.96. The molecule has 0 bridgehead atoms. The smallest absolute Gasteiger partial charge is 0.319 e. The molecule has 0 spiro atoms. The van der Waals surface area contributed by atoms with Crippen molar-refractivity contribution in [2.75, 3.05) is 31.5 Å². The van der Waals surface area contributed by atoms with E-state index < -0.39 is 11.7 Å². The first-order chi connectivity index (χ1) is 17.2. The molecule has 2 fully saturated rings. The number of amides is 4. The van der Waals surface area contributed by atoms with Gasteiger partial charge in [-0.2, -0.15) is 5.26 Å². The van der Waals surface area contributed by atoms with E-state index in [9.17, 15) is 14.4 Å². The highest BCUT2D eigenvalue weighted by molar-refractivity contribution is 5.98. The van der Waals surface area contributed by atoms with Crippen LogP contribution in [0.2, 0.25) is 0 Å². The van der Waals surface area contributed by atoms with Gasteiger partial charge in [0.05, 0.1) is 11.6 Å². The van der Waals surface area contributed by atoms with Crippen LogP contribution in [0.15, 0.2) is 42.5 Å². The first-order valence-electron chi connectivity index (χ1n) is 12.1. The lowest BCUT2D eigenvalue weighted by Crippen LogP contribution is -2.43. The van der Waals surface area contributed by atoms with Crippen molar-refractivity contribution in [3.63, 3.8) is 0 Å². The Labute approximate surface area is 210 Å². The van der Waals surface area contributed by atoms with Crippen LogP contribution in [0.3, 0.4) is 0 Å². The molecule has 1 atom stereocenters. The quantitative estimate of drug-likeness (QED) is 0.680. The van der Waals surface area contributed by atoms with Gasteiger partial charge in [0.25, 0.3) is 5.91 Å². The van der Waals surface area contributed by atoms with Gasteiger partial charge in [-0.15, -0.1) is 0 Å². The molecule has 0 aromatic heterocycles. The van der Waals surface area contributed by atoms with E-state index in [4.69, 9.17) is 5.26 Å². The maximum atomic E-state index is 15.6. The Morgan fingerprint density at radius 3 is 2.36 bits per heavy atom. The summed E-state index contributed by atoms with van der Waals surface area (Å²) in [4.78, 5) is 40.6. The molecule has 2 heterocycles. The summed E-state index contributed by atoms with van der Waals surface area (Å²) in [6.07, 6.45) is 1.03. The maximum absolute atomic E-state index is 15.6. The highest BCUT2D eigenvalue weighted by atomic mass is 19.1. The van der Waals surface area contributed by atoms with E-state index in [1.165, 1.54) is 6.92 Å². The van der Waals surface area contributed by atoms with Crippen molar-refractivity contribution in [1.82, 2.24) is 15.1 Å². The van der Waals surface area contributed by atoms with Crippen molar-refractivity contribution in [3.05, 3.63) is 64.7 Å². The Hall–Kier alpha value is -3.93. The van der Waals surface area contributed by atoms with Gasteiger partial charge >= 0.3 is 6.03 Å². The molecule has 2 saturated heterocycles. The van der Waals surface area contributed by atoms with Crippen molar-refractivity contribution < 1.29 is 18.8 Å². The number of likely N-dealkylation sites (tertiary alicyclic amines) is 2. The molecule has 0 aliphatic carbocycles. The third-order valence-corrected chi connectivity index (χ3v) is 7.07. The second-order valence-corrected chi connectivity index (χ2v) is 9.53. The van der Waals surface area contributed by atoms with Crippen LogP contribution in [0.25, 0.3) is 0 Å². The number of hydrogen-bond acceptors (Lipinski definition) is 4. The number of hydrogen-bond donors (Lipinski definition) is 2. The normalized spacial score (nSPS) is 18.9. The van der Waals surface area contributed by atoms with Crippen molar-refractivity contribution in [2.24, 2.45) is 0 Å². The number of benzene rings is 2. The number of nitrogens with one attached hydrogen (secondary N) is 2. The van der Waals surface area contributed by atoms with Crippen LogP contribution < -0.4 is 10.6 Å². The average Bonchev–Trinajstić information content (AvgIpc) is 3.34. The Morgan fingerprint density at radius 1 is 1.06 bits per heavy atom. The summed E-state index contributed by atoms with van der Waals surface area (Å²) in [7, 11) is 0. The van der Waals surface area contributed by atoms with E-state index in [2.05, 4.69) is 10.6 Å². The van der Waals surface area contributed by atoms with E-state index in [0.29, 0.717) is 41.9 Å². The molecule has 36 heavy (non-hydrogen) atoms. The molecule has 4 amide bonds. The zero-order valence-corrected chi connectivity index (χ0v) is 20.5.